The molecule has 0 saturated carbocycles. The van der Waals surface area contributed by atoms with Crippen LogP contribution < -0.4 is 0 Å². The third kappa shape index (κ3) is 3.87. The van der Waals surface area contributed by atoms with Crippen molar-refractivity contribution >= 4 is 29.2 Å². The number of hydrogen-bond donors (Lipinski definition) is 1. The number of benzene rings is 1. The van der Waals surface area contributed by atoms with Gasteiger partial charge < -0.3 is 5.11 Å². The lowest BCUT2D eigenvalue weighted by Crippen LogP contribution is -2.37. The Labute approximate surface area is 117 Å². The average molecular weight is 290 g/mol. The first-order valence-corrected chi connectivity index (χ1v) is 6.51. The summed E-state index contributed by atoms with van der Waals surface area (Å²) in [5.41, 5.74) is 0.885. The zero-order valence-electron chi connectivity index (χ0n) is 10.7. The normalized spacial score (nSPS) is 13.1. The maximum Gasteiger partial charge on any atom is 0.317 e. The standard InChI is InChI=1S/C13H17Cl2NO2/c1-8(2)16(7-13(17)18)9(3)11-5-4-10(14)6-12(11)15/h4-6,8-9H,7H2,1-3H3,(H,17,18). The van der Waals surface area contributed by atoms with Gasteiger partial charge in [-0.2, -0.15) is 0 Å². The van der Waals surface area contributed by atoms with Gasteiger partial charge >= 0.3 is 5.97 Å². The third-order valence-corrected chi connectivity index (χ3v) is 3.45. The Kier molecular flexibility index (Phi) is 5.45. The molecule has 1 atom stereocenters. The maximum atomic E-state index is 10.9. The summed E-state index contributed by atoms with van der Waals surface area (Å²) in [4.78, 5) is 12.8. The molecule has 0 spiro atoms. The summed E-state index contributed by atoms with van der Waals surface area (Å²) in [7, 11) is 0. The van der Waals surface area contributed by atoms with Gasteiger partial charge in [-0.25, -0.2) is 0 Å². The highest BCUT2D eigenvalue weighted by molar-refractivity contribution is 6.35. The van der Waals surface area contributed by atoms with Crippen molar-refractivity contribution in [2.45, 2.75) is 32.9 Å². The van der Waals surface area contributed by atoms with E-state index in [2.05, 4.69) is 0 Å². The molecule has 0 saturated heterocycles. The number of nitrogens with zero attached hydrogens (tertiary/aromatic N) is 1. The van der Waals surface area contributed by atoms with Crippen LogP contribution in [0.25, 0.3) is 0 Å². The Bertz CT molecular complexity index is 435. The highest BCUT2D eigenvalue weighted by atomic mass is 35.5. The van der Waals surface area contributed by atoms with Crippen LogP contribution in [0.2, 0.25) is 10.0 Å². The summed E-state index contributed by atoms with van der Waals surface area (Å²) in [5.74, 6) is -0.847. The van der Waals surface area contributed by atoms with Gasteiger partial charge in [-0.15, -0.1) is 0 Å². The fraction of sp³-hybridized carbons (Fsp3) is 0.462. The number of halogens is 2. The molecule has 0 radical (unpaired) electrons. The van der Waals surface area contributed by atoms with Gasteiger partial charge in [0.25, 0.3) is 0 Å². The lowest BCUT2D eigenvalue weighted by atomic mass is 10.1. The first-order valence-electron chi connectivity index (χ1n) is 5.75. The minimum atomic E-state index is -0.847. The number of hydrogen-bond acceptors (Lipinski definition) is 2. The zero-order valence-corrected chi connectivity index (χ0v) is 12.2. The number of carboxylic acid groups (broad SMARTS) is 1. The Morgan fingerprint density at radius 1 is 1.33 bits per heavy atom. The van der Waals surface area contributed by atoms with Gasteiger partial charge in [-0.05, 0) is 38.5 Å². The molecule has 0 aliphatic rings. The van der Waals surface area contributed by atoms with Crippen molar-refractivity contribution in [2.24, 2.45) is 0 Å². The average Bonchev–Trinajstić information content (AvgIpc) is 2.24. The smallest absolute Gasteiger partial charge is 0.317 e. The summed E-state index contributed by atoms with van der Waals surface area (Å²) in [6.07, 6.45) is 0. The number of aliphatic carboxylic acids is 1. The van der Waals surface area contributed by atoms with Crippen LogP contribution in [0.1, 0.15) is 32.4 Å². The van der Waals surface area contributed by atoms with Gasteiger partial charge in [-0.3, -0.25) is 9.69 Å². The van der Waals surface area contributed by atoms with Gasteiger partial charge in [0.1, 0.15) is 0 Å². The Morgan fingerprint density at radius 2 is 1.94 bits per heavy atom. The van der Waals surface area contributed by atoms with E-state index in [0.717, 1.165) is 5.56 Å². The highest BCUT2D eigenvalue weighted by Crippen LogP contribution is 2.30. The van der Waals surface area contributed by atoms with Crippen LogP contribution in [0.4, 0.5) is 0 Å². The summed E-state index contributed by atoms with van der Waals surface area (Å²) in [6, 6.07) is 5.31. The Morgan fingerprint density at radius 3 is 2.39 bits per heavy atom. The molecule has 0 bridgehead atoms. The van der Waals surface area contributed by atoms with Crippen molar-refractivity contribution in [3.05, 3.63) is 33.8 Å². The minimum absolute atomic E-state index is 0.0161. The highest BCUT2D eigenvalue weighted by Gasteiger charge is 2.22. The maximum absolute atomic E-state index is 10.9. The molecular formula is C13H17Cl2NO2. The summed E-state index contributed by atoms with van der Waals surface area (Å²) >= 11 is 12.0. The SMILES string of the molecule is CC(C)N(CC(=O)O)C(C)c1ccc(Cl)cc1Cl. The molecule has 5 heteroatoms. The lowest BCUT2D eigenvalue weighted by Gasteiger charge is -2.32. The summed E-state index contributed by atoms with van der Waals surface area (Å²) in [6.45, 7) is 5.85. The molecule has 18 heavy (non-hydrogen) atoms. The van der Waals surface area contributed by atoms with E-state index in [1.807, 2.05) is 31.7 Å². The summed E-state index contributed by atoms with van der Waals surface area (Å²) < 4.78 is 0. The van der Waals surface area contributed by atoms with Crippen molar-refractivity contribution in [1.82, 2.24) is 4.90 Å². The molecule has 0 aliphatic carbocycles. The topological polar surface area (TPSA) is 40.5 Å². The molecule has 0 fully saturated rings. The van der Waals surface area contributed by atoms with Gasteiger partial charge in [0.05, 0.1) is 6.54 Å². The van der Waals surface area contributed by atoms with Crippen LogP contribution in [0.15, 0.2) is 18.2 Å². The predicted octanol–water partition coefficient (Wildman–Crippen LogP) is 3.85. The van der Waals surface area contributed by atoms with Crippen molar-refractivity contribution in [3.8, 4) is 0 Å². The molecule has 3 nitrogen and oxygen atoms in total. The van der Waals surface area contributed by atoms with E-state index in [1.54, 1.807) is 12.1 Å². The predicted molar refractivity (Wildman–Crippen MR) is 74.4 cm³/mol. The Hall–Kier alpha value is -0.770. The minimum Gasteiger partial charge on any atom is -0.480 e. The molecule has 1 N–H and O–H groups in total. The van der Waals surface area contributed by atoms with E-state index in [0.29, 0.717) is 10.0 Å². The van der Waals surface area contributed by atoms with Crippen LogP contribution in [0, 0.1) is 0 Å². The fourth-order valence-corrected chi connectivity index (χ4v) is 2.51. The molecular weight excluding hydrogens is 273 g/mol. The fourth-order valence-electron chi connectivity index (χ4n) is 1.94. The second-order valence-corrected chi connectivity index (χ2v) is 5.35. The first kappa shape index (κ1) is 15.3. The lowest BCUT2D eigenvalue weighted by molar-refractivity contribution is -0.139. The second-order valence-electron chi connectivity index (χ2n) is 4.50. The number of carbonyl (C=O) groups is 1. The molecule has 1 unspecified atom stereocenters. The quantitative estimate of drug-likeness (QED) is 0.895. The number of rotatable bonds is 5. The van der Waals surface area contributed by atoms with Crippen LogP contribution in [-0.4, -0.2) is 28.6 Å². The molecule has 1 aromatic carbocycles. The second kappa shape index (κ2) is 6.41. The van der Waals surface area contributed by atoms with E-state index in [4.69, 9.17) is 28.3 Å². The summed E-state index contributed by atoms with van der Waals surface area (Å²) in [5, 5.41) is 10.1. The molecule has 1 rings (SSSR count). The van der Waals surface area contributed by atoms with Crippen LogP contribution in [-0.2, 0) is 4.79 Å². The van der Waals surface area contributed by atoms with E-state index in [1.165, 1.54) is 0 Å². The molecule has 0 heterocycles. The van der Waals surface area contributed by atoms with E-state index < -0.39 is 5.97 Å². The van der Waals surface area contributed by atoms with E-state index >= 15 is 0 Å². The first-order chi connectivity index (χ1) is 8.32. The van der Waals surface area contributed by atoms with Crippen LogP contribution >= 0.6 is 23.2 Å². The van der Waals surface area contributed by atoms with Crippen molar-refractivity contribution in [2.75, 3.05) is 6.54 Å². The van der Waals surface area contributed by atoms with Crippen LogP contribution in [0.3, 0.4) is 0 Å². The van der Waals surface area contributed by atoms with Crippen LogP contribution in [0.5, 0.6) is 0 Å². The molecule has 0 aromatic heterocycles. The zero-order chi connectivity index (χ0) is 13.9. The number of carboxylic acids is 1. The van der Waals surface area contributed by atoms with E-state index in [9.17, 15) is 4.79 Å². The van der Waals surface area contributed by atoms with E-state index in [-0.39, 0.29) is 18.6 Å². The van der Waals surface area contributed by atoms with Gasteiger partial charge in [0.2, 0.25) is 0 Å². The van der Waals surface area contributed by atoms with Gasteiger partial charge in [0.15, 0.2) is 0 Å². The third-order valence-electron chi connectivity index (χ3n) is 2.89. The monoisotopic (exact) mass is 289 g/mol. The molecule has 1 aromatic rings. The molecule has 100 valence electrons. The van der Waals surface area contributed by atoms with Crippen molar-refractivity contribution in [1.29, 1.82) is 0 Å². The molecule has 0 amide bonds. The Balaban J connectivity index is 3.01. The molecule has 0 aliphatic heterocycles. The largest absolute Gasteiger partial charge is 0.480 e. The van der Waals surface area contributed by atoms with Crippen molar-refractivity contribution in [3.63, 3.8) is 0 Å². The van der Waals surface area contributed by atoms with Gasteiger partial charge in [-0.1, -0.05) is 29.3 Å². The van der Waals surface area contributed by atoms with Crippen molar-refractivity contribution < 1.29 is 9.90 Å². The van der Waals surface area contributed by atoms with Gasteiger partial charge in [0, 0.05) is 22.1 Å².